The van der Waals surface area contributed by atoms with Crippen molar-refractivity contribution in [1.29, 1.82) is 0 Å². The molecule has 3 nitrogen and oxygen atoms in total. The summed E-state index contributed by atoms with van der Waals surface area (Å²) in [5.74, 6) is -1.79. The molecule has 1 spiro atoms. The number of esters is 1. The number of ether oxygens (including phenoxy) is 2. The summed E-state index contributed by atoms with van der Waals surface area (Å²) in [5, 5.41) is 0. The van der Waals surface area contributed by atoms with E-state index in [1.807, 2.05) is 0 Å². The second-order valence-electron chi connectivity index (χ2n) is 7.21. The van der Waals surface area contributed by atoms with Gasteiger partial charge in [0.25, 0.3) is 0 Å². The first-order valence-corrected chi connectivity index (χ1v) is 8.85. The maximum Gasteiger partial charge on any atom is 0.308 e. The number of rotatable bonds is 4. The van der Waals surface area contributed by atoms with E-state index in [1.54, 1.807) is 24.3 Å². The van der Waals surface area contributed by atoms with E-state index in [2.05, 4.69) is 0 Å². The molecule has 5 heteroatoms. The summed E-state index contributed by atoms with van der Waals surface area (Å²) in [6.07, 6.45) is 2.74. The Morgan fingerprint density at radius 3 is 1.85 bits per heavy atom. The smallest absolute Gasteiger partial charge is 0.308 e. The van der Waals surface area contributed by atoms with Gasteiger partial charge in [0.15, 0.2) is 0 Å². The summed E-state index contributed by atoms with van der Waals surface area (Å²) >= 11 is 0. The van der Waals surface area contributed by atoms with Crippen LogP contribution in [0.5, 0.6) is 0 Å². The zero-order valence-electron chi connectivity index (χ0n) is 14.3. The summed E-state index contributed by atoms with van der Waals surface area (Å²) in [4.78, 5) is 11.9. The fourth-order valence-corrected chi connectivity index (χ4v) is 4.28. The van der Waals surface area contributed by atoms with Crippen LogP contribution in [0.1, 0.15) is 30.4 Å². The van der Waals surface area contributed by atoms with Gasteiger partial charge >= 0.3 is 5.97 Å². The van der Waals surface area contributed by atoms with Crippen LogP contribution in [0.15, 0.2) is 48.5 Å². The lowest BCUT2D eigenvalue weighted by atomic mass is 9.68. The first-order valence-electron chi connectivity index (χ1n) is 8.85. The molecule has 2 heterocycles. The van der Waals surface area contributed by atoms with E-state index in [9.17, 15) is 13.6 Å². The molecule has 2 aromatic carbocycles. The molecule has 2 aliphatic heterocycles. The average Bonchev–Trinajstić information content (AvgIpc) is 3.16. The number of benzene rings is 2. The van der Waals surface area contributed by atoms with Crippen molar-refractivity contribution in [3.05, 3.63) is 71.3 Å². The van der Waals surface area contributed by atoms with Gasteiger partial charge in [-0.15, -0.1) is 0 Å². The highest BCUT2D eigenvalue weighted by molar-refractivity contribution is 5.72. The highest BCUT2D eigenvalue weighted by Gasteiger charge is 2.61. The van der Waals surface area contributed by atoms with E-state index in [0.29, 0.717) is 32.3 Å². The molecule has 0 N–H and O–H groups in total. The zero-order valence-corrected chi connectivity index (χ0v) is 14.3. The SMILES string of the molecule is O=C1CC[C@]2(OCCC2(Cc2ccc(F)cc2)Cc2ccc(F)cc2)O1. The van der Waals surface area contributed by atoms with Crippen LogP contribution in [-0.2, 0) is 27.1 Å². The Morgan fingerprint density at radius 1 is 0.846 bits per heavy atom. The normalized spacial score (nSPS) is 24.2. The molecule has 0 aliphatic carbocycles. The lowest BCUT2D eigenvalue weighted by Crippen LogP contribution is -2.48. The Balaban J connectivity index is 1.71. The van der Waals surface area contributed by atoms with Gasteiger partial charge in [-0.25, -0.2) is 8.78 Å². The van der Waals surface area contributed by atoms with Crippen molar-refractivity contribution in [3.63, 3.8) is 0 Å². The van der Waals surface area contributed by atoms with Crippen LogP contribution in [-0.4, -0.2) is 18.4 Å². The van der Waals surface area contributed by atoms with Crippen LogP contribution in [0.25, 0.3) is 0 Å². The molecule has 0 radical (unpaired) electrons. The fraction of sp³-hybridized carbons (Fsp3) is 0.381. The Labute approximate surface area is 150 Å². The van der Waals surface area contributed by atoms with E-state index in [-0.39, 0.29) is 17.6 Å². The molecule has 0 unspecified atom stereocenters. The minimum absolute atomic E-state index is 0.255. The van der Waals surface area contributed by atoms with Gasteiger partial charge in [0, 0.05) is 11.8 Å². The molecule has 2 aliphatic rings. The van der Waals surface area contributed by atoms with Crippen molar-refractivity contribution in [2.45, 2.75) is 37.9 Å². The third kappa shape index (κ3) is 3.01. The van der Waals surface area contributed by atoms with Gasteiger partial charge in [-0.3, -0.25) is 4.79 Å². The monoisotopic (exact) mass is 358 g/mol. The van der Waals surface area contributed by atoms with E-state index in [1.165, 1.54) is 24.3 Å². The fourth-order valence-electron chi connectivity index (χ4n) is 4.28. The second-order valence-corrected chi connectivity index (χ2v) is 7.21. The van der Waals surface area contributed by atoms with E-state index < -0.39 is 11.2 Å². The lowest BCUT2D eigenvalue weighted by molar-refractivity contribution is -0.230. The molecule has 2 aromatic rings. The number of halogens is 2. The zero-order chi connectivity index (χ0) is 18.2. The predicted octanol–water partition coefficient (Wildman–Crippen LogP) is 4.19. The van der Waals surface area contributed by atoms with Crippen LogP contribution in [0.2, 0.25) is 0 Å². The van der Waals surface area contributed by atoms with Crippen LogP contribution < -0.4 is 0 Å². The molecule has 2 saturated heterocycles. The van der Waals surface area contributed by atoms with Crippen molar-refractivity contribution in [1.82, 2.24) is 0 Å². The Morgan fingerprint density at radius 2 is 1.38 bits per heavy atom. The summed E-state index contributed by atoms with van der Waals surface area (Å²) in [6, 6.07) is 12.8. The molecule has 0 aromatic heterocycles. The Kier molecular flexibility index (Phi) is 4.27. The number of carbonyl (C=O) groups is 1. The van der Waals surface area contributed by atoms with Gasteiger partial charge in [-0.2, -0.15) is 0 Å². The summed E-state index contributed by atoms with van der Waals surface area (Å²) in [6.45, 7) is 0.496. The molecular formula is C21H20F2O3. The summed E-state index contributed by atoms with van der Waals surface area (Å²) in [5.41, 5.74) is 1.46. The minimum Gasteiger partial charge on any atom is -0.432 e. The standard InChI is InChI=1S/C21H20F2O3/c22-17-5-1-15(2-6-17)13-20(14-16-3-7-18(23)8-4-16)11-12-25-21(20)10-9-19(24)26-21/h1-8H,9-14H2/t21-/m0/s1. The van der Waals surface area contributed by atoms with Gasteiger partial charge in [-0.1, -0.05) is 24.3 Å². The predicted molar refractivity (Wildman–Crippen MR) is 91.3 cm³/mol. The van der Waals surface area contributed by atoms with Gasteiger partial charge < -0.3 is 9.47 Å². The third-order valence-corrected chi connectivity index (χ3v) is 5.57. The largest absolute Gasteiger partial charge is 0.432 e. The van der Waals surface area contributed by atoms with Gasteiger partial charge in [-0.05, 0) is 54.7 Å². The van der Waals surface area contributed by atoms with Gasteiger partial charge in [0.1, 0.15) is 11.6 Å². The maximum absolute atomic E-state index is 13.3. The number of carbonyl (C=O) groups excluding carboxylic acids is 1. The molecule has 136 valence electrons. The molecule has 4 rings (SSSR count). The molecule has 2 fully saturated rings. The second kappa shape index (κ2) is 6.47. The minimum atomic E-state index is -0.965. The molecule has 1 atom stereocenters. The van der Waals surface area contributed by atoms with Crippen molar-refractivity contribution in [2.75, 3.05) is 6.61 Å². The number of hydrogen-bond donors (Lipinski definition) is 0. The van der Waals surface area contributed by atoms with E-state index in [0.717, 1.165) is 17.5 Å². The lowest BCUT2D eigenvalue weighted by Gasteiger charge is -2.41. The van der Waals surface area contributed by atoms with E-state index >= 15 is 0 Å². The van der Waals surface area contributed by atoms with Gasteiger partial charge in [0.2, 0.25) is 5.79 Å². The molecule has 26 heavy (non-hydrogen) atoms. The Hall–Kier alpha value is -2.27. The van der Waals surface area contributed by atoms with Crippen LogP contribution in [0.3, 0.4) is 0 Å². The average molecular weight is 358 g/mol. The van der Waals surface area contributed by atoms with Crippen molar-refractivity contribution in [3.8, 4) is 0 Å². The van der Waals surface area contributed by atoms with Crippen molar-refractivity contribution >= 4 is 5.97 Å². The van der Waals surface area contributed by atoms with Crippen LogP contribution >= 0.6 is 0 Å². The van der Waals surface area contributed by atoms with Crippen LogP contribution in [0.4, 0.5) is 8.78 Å². The summed E-state index contributed by atoms with van der Waals surface area (Å²) < 4.78 is 38.3. The van der Waals surface area contributed by atoms with Crippen molar-refractivity contribution in [2.24, 2.45) is 5.41 Å². The topological polar surface area (TPSA) is 35.5 Å². The van der Waals surface area contributed by atoms with E-state index in [4.69, 9.17) is 9.47 Å². The number of hydrogen-bond acceptors (Lipinski definition) is 3. The molecular weight excluding hydrogens is 338 g/mol. The first kappa shape index (κ1) is 17.2. The van der Waals surface area contributed by atoms with Crippen LogP contribution in [0, 0.1) is 17.0 Å². The third-order valence-electron chi connectivity index (χ3n) is 5.57. The summed E-state index contributed by atoms with van der Waals surface area (Å²) in [7, 11) is 0. The van der Waals surface area contributed by atoms with Crippen molar-refractivity contribution < 1.29 is 23.0 Å². The quantitative estimate of drug-likeness (QED) is 0.769. The molecule has 0 saturated carbocycles. The highest BCUT2D eigenvalue weighted by Crippen LogP contribution is 2.54. The Bertz CT molecular complexity index is 754. The first-order chi connectivity index (χ1) is 12.5. The van der Waals surface area contributed by atoms with Gasteiger partial charge in [0.05, 0.1) is 13.0 Å². The highest BCUT2D eigenvalue weighted by atomic mass is 19.1. The molecule has 0 amide bonds. The molecule has 0 bridgehead atoms. The maximum atomic E-state index is 13.3.